The van der Waals surface area contributed by atoms with Crippen molar-refractivity contribution in [3.05, 3.63) is 47.0 Å². The Hall–Kier alpha value is -2.21. The molecule has 0 aliphatic carbocycles. The summed E-state index contributed by atoms with van der Waals surface area (Å²) >= 11 is 0. The minimum atomic E-state index is -0.936. The van der Waals surface area contributed by atoms with E-state index in [0.717, 1.165) is 22.6 Å². The maximum atomic E-state index is 13.1. The van der Waals surface area contributed by atoms with Crippen LogP contribution in [-0.2, 0) is 11.2 Å². The zero-order valence-corrected chi connectivity index (χ0v) is 15.5. The number of carbonyl (C=O) groups excluding carboxylic acids is 1. The molecule has 1 aromatic heterocycles. The molecule has 1 aromatic carbocycles. The summed E-state index contributed by atoms with van der Waals surface area (Å²) < 4.78 is 14.8. The largest absolute Gasteiger partial charge is 0.389 e. The summed E-state index contributed by atoms with van der Waals surface area (Å²) in [6.07, 6.45) is 0.225. The van der Waals surface area contributed by atoms with Gasteiger partial charge in [-0.3, -0.25) is 4.79 Å². The van der Waals surface area contributed by atoms with Crippen LogP contribution in [0.15, 0.2) is 24.3 Å². The Kier molecular flexibility index (Phi) is 5.62. The van der Waals surface area contributed by atoms with E-state index in [0.29, 0.717) is 6.54 Å². The first kappa shape index (κ1) is 19.1. The minimum absolute atomic E-state index is 0.0468. The standard InChI is InChI=1S/C19H26FN3O2/c1-6-22(12-19(4,5)25)18(24)11-17-13(2)21-23(14(17)3)16-9-7-15(20)8-10-16/h7-10,25H,6,11-12H2,1-5H3. The lowest BCUT2D eigenvalue weighted by molar-refractivity contribution is -0.133. The maximum absolute atomic E-state index is 13.1. The summed E-state index contributed by atoms with van der Waals surface area (Å²) in [5, 5.41) is 14.5. The Labute approximate surface area is 148 Å². The number of likely N-dealkylation sites (N-methyl/N-ethyl adjacent to an activating group) is 1. The van der Waals surface area contributed by atoms with E-state index in [2.05, 4.69) is 5.10 Å². The number of rotatable bonds is 6. The van der Waals surface area contributed by atoms with Crippen LogP contribution in [0.2, 0.25) is 0 Å². The number of halogens is 1. The molecule has 0 aliphatic rings. The Balaban J connectivity index is 2.25. The first-order valence-corrected chi connectivity index (χ1v) is 8.43. The lowest BCUT2D eigenvalue weighted by Crippen LogP contribution is -2.42. The van der Waals surface area contributed by atoms with E-state index in [1.807, 2.05) is 20.8 Å². The summed E-state index contributed by atoms with van der Waals surface area (Å²) in [4.78, 5) is 14.3. The number of nitrogens with zero attached hydrogens (tertiary/aromatic N) is 3. The molecule has 0 unspecified atom stereocenters. The third-order valence-electron chi connectivity index (χ3n) is 4.15. The number of hydrogen-bond acceptors (Lipinski definition) is 3. The highest BCUT2D eigenvalue weighted by atomic mass is 19.1. The quantitative estimate of drug-likeness (QED) is 0.874. The van der Waals surface area contributed by atoms with Crippen LogP contribution in [0.3, 0.4) is 0 Å². The van der Waals surface area contributed by atoms with Gasteiger partial charge < -0.3 is 10.0 Å². The van der Waals surface area contributed by atoms with Gasteiger partial charge in [0.05, 0.1) is 23.4 Å². The fourth-order valence-corrected chi connectivity index (χ4v) is 2.87. The lowest BCUT2D eigenvalue weighted by atomic mass is 10.1. The number of carbonyl (C=O) groups is 1. The van der Waals surface area contributed by atoms with Gasteiger partial charge in [0, 0.05) is 24.3 Å². The topological polar surface area (TPSA) is 58.4 Å². The van der Waals surface area contributed by atoms with Gasteiger partial charge in [0.2, 0.25) is 5.91 Å². The number of hydrogen-bond donors (Lipinski definition) is 1. The van der Waals surface area contributed by atoms with Gasteiger partial charge in [-0.05, 0) is 58.9 Å². The van der Waals surface area contributed by atoms with Crippen molar-refractivity contribution in [1.29, 1.82) is 0 Å². The normalized spacial score (nSPS) is 11.6. The SMILES string of the molecule is CCN(CC(C)(C)O)C(=O)Cc1c(C)nn(-c2ccc(F)cc2)c1C. The first-order chi connectivity index (χ1) is 11.6. The van der Waals surface area contributed by atoms with Crippen LogP contribution in [0.4, 0.5) is 4.39 Å². The molecular formula is C19H26FN3O2. The smallest absolute Gasteiger partial charge is 0.227 e. The second kappa shape index (κ2) is 7.35. The number of aromatic nitrogens is 2. The zero-order valence-electron chi connectivity index (χ0n) is 15.5. The van der Waals surface area contributed by atoms with Gasteiger partial charge in [-0.1, -0.05) is 0 Å². The average molecular weight is 347 g/mol. The zero-order chi connectivity index (χ0) is 18.8. The van der Waals surface area contributed by atoms with Crippen LogP contribution in [0.25, 0.3) is 5.69 Å². The highest BCUT2D eigenvalue weighted by Crippen LogP contribution is 2.20. The number of aliphatic hydroxyl groups is 1. The molecule has 2 aromatic rings. The van der Waals surface area contributed by atoms with Crippen molar-refractivity contribution in [3.63, 3.8) is 0 Å². The van der Waals surface area contributed by atoms with Crippen LogP contribution in [0.5, 0.6) is 0 Å². The van der Waals surface area contributed by atoms with Crippen molar-refractivity contribution >= 4 is 5.91 Å². The van der Waals surface area contributed by atoms with E-state index in [4.69, 9.17) is 0 Å². The summed E-state index contributed by atoms with van der Waals surface area (Å²) in [5.41, 5.74) is 2.31. The molecule has 0 spiro atoms. The van der Waals surface area contributed by atoms with Crippen molar-refractivity contribution in [2.45, 2.75) is 46.6 Å². The van der Waals surface area contributed by atoms with E-state index in [9.17, 15) is 14.3 Å². The molecule has 2 rings (SSSR count). The molecule has 0 bridgehead atoms. The van der Waals surface area contributed by atoms with Gasteiger partial charge in [0.15, 0.2) is 0 Å². The Morgan fingerprint density at radius 3 is 2.40 bits per heavy atom. The second-order valence-electron chi connectivity index (χ2n) is 6.93. The third-order valence-corrected chi connectivity index (χ3v) is 4.15. The highest BCUT2D eigenvalue weighted by molar-refractivity contribution is 5.79. The molecule has 5 nitrogen and oxygen atoms in total. The fraction of sp³-hybridized carbons (Fsp3) is 0.474. The maximum Gasteiger partial charge on any atom is 0.227 e. The van der Waals surface area contributed by atoms with Crippen LogP contribution >= 0.6 is 0 Å². The molecule has 0 fully saturated rings. The summed E-state index contributed by atoms with van der Waals surface area (Å²) in [7, 11) is 0. The number of benzene rings is 1. The van der Waals surface area contributed by atoms with Crippen molar-refractivity contribution in [2.24, 2.45) is 0 Å². The molecule has 1 N–H and O–H groups in total. The van der Waals surface area contributed by atoms with Crippen molar-refractivity contribution in [1.82, 2.24) is 14.7 Å². The average Bonchev–Trinajstić information content (AvgIpc) is 2.80. The summed E-state index contributed by atoms with van der Waals surface area (Å²) in [6.45, 7) is 9.85. The minimum Gasteiger partial charge on any atom is -0.389 e. The molecular weight excluding hydrogens is 321 g/mol. The van der Waals surface area contributed by atoms with Gasteiger partial charge in [-0.2, -0.15) is 5.10 Å². The van der Waals surface area contributed by atoms with Crippen LogP contribution in [-0.4, -0.2) is 44.4 Å². The Bertz CT molecular complexity index is 745. The van der Waals surface area contributed by atoms with Crippen molar-refractivity contribution in [2.75, 3.05) is 13.1 Å². The number of aryl methyl sites for hydroxylation is 1. The molecule has 6 heteroatoms. The molecule has 0 saturated carbocycles. The summed E-state index contributed by atoms with van der Waals surface area (Å²) in [5.74, 6) is -0.347. The molecule has 25 heavy (non-hydrogen) atoms. The lowest BCUT2D eigenvalue weighted by Gasteiger charge is -2.28. The van der Waals surface area contributed by atoms with Gasteiger partial charge in [0.1, 0.15) is 5.82 Å². The van der Waals surface area contributed by atoms with E-state index in [1.165, 1.54) is 12.1 Å². The van der Waals surface area contributed by atoms with E-state index in [1.54, 1.807) is 35.6 Å². The van der Waals surface area contributed by atoms with Crippen molar-refractivity contribution < 1.29 is 14.3 Å². The summed E-state index contributed by atoms with van der Waals surface area (Å²) in [6, 6.07) is 6.09. The molecule has 1 amide bonds. The molecule has 0 saturated heterocycles. The van der Waals surface area contributed by atoms with Gasteiger partial charge in [-0.25, -0.2) is 9.07 Å². The Morgan fingerprint density at radius 1 is 1.28 bits per heavy atom. The van der Waals surface area contributed by atoms with Gasteiger partial charge in [-0.15, -0.1) is 0 Å². The van der Waals surface area contributed by atoms with E-state index < -0.39 is 5.60 Å². The third kappa shape index (κ3) is 4.66. The second-order valence-corrected chi connectivity index (χ2v) is 6.93. The highest BCUT2D eigenvalue weighted by Gasteiger charge is 2.23. The van der Waals surface area contributed by atoms with Crippen molar-refractivity contribution in [3.8, 4) is 5.69 Å². The fourth-order valence-electron chi connectivity index (χ4n) is 2.87. The van der Waals surface area contributed by atoms with E-state index in [-0.39, 0.29) is 24.7 Å². The molecule has 0 atom stereocenters. The van der Waals surface area contributed by atoms with Gasteiger partial charge >= 0.3 is 0 Å². The monoisotopic (exact) mass is 347 g/mol. The first-order valence-electron chi connectivity index (χ1n) is 8.43. The molecule has 0 aliphatic heterocycles. The van der Waals surface area contributed by atoms with Crippen LogP contribution in [0, 0.1) is 19.7 Å². The van der Waals surface area contributed by atoms with Gasteiger partial charge in [0.25, 0.3) is 0 Å². The molecule has 0 radical (unpaired) electrons. The Morgan fingerprint density at radius 2 is 1.88 bits per heavy atom. The van der Waals surface area contributed by atoms with E-state index >= 15 is 0 Å². The predicted octanol–water partition coefficient (Wildman–Crippen LogP) is 2.79. The predicted molar refractivity (Wildman–Crippen MR) is 95.3 cm³/mol. The molecule has 1 heterocycles. The van der Waals surface area contributed by atoms with Crippen LogP contribution < -0.4 is 0 Å². The molecule has 136 valence electrons. The number of amides is 1. The van der Waals surface area contributed by atoms with Crippen LogP contribution in [0.1, 0.15) is 37.7 Å².